The van der Waals surface area contributed by atoms with Crippen molar-refractivity contribution in [3.63, 3.8) is 0 Å². The van der Waals surface area contributed by atoms with E-state index >= 15 is 0 Å². The monoisotopic (exact) mass is 170 g/mol. The van der Waals surface area contributed by atoms with E-state index in [1.165, 1.54) is 0 Å². The Morgan fingerprint density at radius 2 is 2.33 bits per heavy atom. The minimum Gasteiger partial charge on any atom is -0.371 e. The lowest BCUT2D eigenvalue weighted by molar-refractivity contribution is -0.146. The maximum atomic E-state index is 11.0. The zero-order valence-electron chi connectivity index (χ0n) is 7.25. The third-order valence-corrected chi connectivity index (χ3v) is 2.85. The van der Waals surface area contributed by atoms with Crippen LogP contribution in [-0.4, -0.2) is 43.2 Å². The number of carbonyl (C=O) groups is 1. The average Bonchev–Trinajstić information content (AvgIpc) is 2.30. The van der Waals surface area contributed by atoms with E-state index in [0.717, 1.165) is 19.5 Å². The summed E-state index contributed by atoms with van der Waals surface area (Å²) in [6.07, 6.45) is 0.795. The number of likely N-dealkylation sites (N-methyl/N-ethyl adjacent to an activating group) is 1. The standard InChI is InChI=1S/C8H14N2O2/c1-10-4-8(5-10)6(7(9)11)2-3-12-8/h6H,2-5H2,1H3,(H2,9,11). The predicted octanol–water partition coefficient (Wildman–Crippen LogP) is -0.808. The SMILES string of the molecule is CN1CC2(C1)OCCC2C(N)=O. The summed E-state index contributed by atoms with van der Waals surface area (Å²) in [5.74, 6) is -0.269. The van der Waals surface area contributed by atoms with Crippen LogP contribution < -0.4 is 5.73 Å². The third kappa shape index (κ3) is 0.949. The second kappa shape index (κ2) is 2.44. The number of likely N-dealkylation sites (tertiary alicyclic amines) is 1. The van der Waals surface area contributed by atoms with E-state index in [1.54, 1.807) is 0 Å². The maximum absolute atomic E-state index is 11.0. The molecule has 0 aromatic carbocycles. The lowest BCUT2D eigenvalue weighted by Gasteiger charge is -2.47. The summed E-state index contributed by atoms with van der Waals surface area (Å²) in [6.45, 7) is 2.38. The van der Waals surface area contributed by atoms with Gasteiger partial charge in [-0.3, -0.25) is 4.79 Å². The van der Waals surface area contributed by atoms with Gasteiger partial charge in [-0.2, -0.15) is 0 Å². The highest BCUT2D eigenvalue weighted by Crippen LogP contribution is 2.38. The molecule has 0 bridgehead atoms. The molecule has 4 heteroatoms. The van der Waals surface area contributed by atoms with E-state index < -0.39 is 0 Å². The molecular formula is C8H14N2O2. The molecule has 0 aromatic heterocycles. The molecule has 2 fully saturated rings. The first-order valence-corrected chi connectivity index (χ1v) is 4.26. The van der Waals surface area contributed by atoms with Crippen molar-refractivity contribution in [2.45, 2.75) is 12.0 Å². The van der Waals surface area contributed by atoms with Crippen LogP contribution >= 0.6 is 0 Å². The highest BCUT2D eigenvalue weighted by molar-refractivity contribution is 5.78. The van der Waals surface area contributed by atoms with Gasteiger partial charge in [0.05, 0.1) is 5.92 Å². The summed E-state index contributed by atoms with van der Waals surface area (Å²) >= 11 is 0. The van der Waals surface area contributed by atoms with Crippen molar-refractivity contribution in [1.29, 1.82) is 0 Å². The molecule has 12 heavy (non-hydrogen) atoms. The summed E-state index contributed by atoms with van der Waals surface area (Å²) in [5.41, 5.74) is 5.07. The van der Waals surface area contributed by atoms with Crippen molar-refractivity contribution in [1.82, 2.24) is 4.90 Å². The lowest BCUT2D eigenvalue weighted by atomic mass is 9.81. The van der Waals surface area contributed by atoms with E-state index in [4.69, 9.17) is 10.5 Å². The number of hydrogen-bond acceptors (Lipinski definition) is 3. The van der Waals surface area contributed by atoms with E-state index in [0.29, 0.717) is 6.61 Å². The second-order valence-corrected chi connectivity index (χ2v) is 3.83. The van der Waals surface area contributed by atoms with Crippen LogP contribution in [0.2, 0.25) is 0 Å². The number of primary amides is 1. The second-order valence-electron chi connectivity index (χ2n) is 3.83. The fourth-order valence-electron chi connectivity index (χ4n) is 2.32. The number of nitrogens with zero attached hydrogens (tertiary/aromatic N) is 1. The molecule has 0 aromatic rings. The fraction of sp³-hybridized carbons (Fsp3) is 0.875. The molecule has 0 aliphatic carbocycles. The number of carbonyl (C=O) groups excluding carboxylic acids is 1. The first-order chi connectivity index (χ1) is 5.64. The van der Waals surface area contributed by atoms with Crippen molar-refractivity contribution >= 4 is 5.91 Å². The maximum Gasteiger partial charge on any atom is 0.223 e. The molecule has 1 unspecified atom stereocenters. The average molecular weight is 170 g/mol. The quantitative estimate of drug-likeness (QED) is 0.560. The minimum absolute atomic E-state index is 0.0614. The van der Waals surface area contributed by atoms with Gasteiger partial charge in [-0.15, -0.1) is 0 Å². The lowest BCUT2D eigenvalue weighted by Crippen LogP contribution is -2.65. The van der Waals surface area contributed by atoms with Gasteiger partial charge in [-0.1, -0.05) is 0 Å². The molecule has 2 N–H and O–H groups in total. The molecule has 2 aliphatic heterocycles. The van der Waals surface area contributed by atoms with Gasteiger partial charge in [-0.25, -0.2) is 0 Å². The smallest absolute Gasteiger partial charge is 0.223 e. The van der Waals surface area contributed by atoms with Crippen LogP contribution in [0.25, 0.3) is 0 Å². The van der Waals surface area contributed by atoms with Crippen LogP contribution in [-0.2, 0) is 9.53 Å². The Morgan fingerprint density at radius 3 is 2.83 bits per heavy atom. The molecule has 1 amide bonds. The molecule has 4 nitrogen and oxygen atoms in total. The van der Waals surface area contributed by atoms with Gasteiger partial charge in [0.15, 0.2) is 0 Å². The van der Waals surface area contributed by atoms with Crippen molar-refractivity contribution in [2.75, 3.05) is 26.7 Å². The van der Waals surface area contributed by atoms with E-state index in [2.05, 4.69) is 4.90 Å². The Kier molecular flexibility index (Phi) is 1.63. The number of rotatable bonds is 1. The van der Waals surface area contributed by atoms with Crippen LogP contribution in [0.5, 0.6) is 0 Å². The van der Waals surface area contributed by atoms with Gasteiger partial charge in [0, 0.05) is 19.7 Å². The van der Waals surface area contributed by atoms with Gasteiger partial charge < -0.3 is 15.4 Å². The van der Waals surface area contributed by atoms with E-state index in [1.807, 2.05) is 7.05 Å². The first kappa shape index (κ1) is 8.01. The van der Waals surface area contributed by atoms with Crippen LogP contribution in [0.15, 0.2) is 0 Å². The minimum atomic E-state index is -0.222. The highest BCUT2D eigenvalue weighted by atomic mass is 16.5. The summed E-state index contributed by atoms with van der Waals surface area (Å²) in [5, 5.41) is 0. The normalized spacial score (nSPS) is 33.6. The first-order valence-electron chi connectivity index (χ1n) is 4.26. The van der Waals surface area contributed by atoms with E-state index in [-0.39, 0.29) is 17.4 Å². The fourth-order valence-corrected chi connectivity index (χ4v) is 2.32. The van der Waals surface area contributed by atoms with Gasteiger partial charge in [0.25, 0.3) is 0 Å². The Labute approximate surface area is 71.7 Å². The summed E-state index contributed by atoms with van der Waals surface area (Å²) < 4.78 is 5.58. The molecule has 2 aliphatic rings. The Balaban J connectivity index is 2.10. The van der Waals surface area contributed by atoms with Gasteiger partial charge >= 0.3 is 0 Å². The Hall–Kier alpha value is -0.610. The Morgan fingerprint density at radius 1 is 1.67 bits per heavy atom. The summed E-state index contributed by atoms with van der Waals surface area (Å²) in [4.78, 5) is 13.2. The molecule has 2 saturated heterocycles. The van der Waals surface area contributed by atoms with Gasteiger partial charge in [-0.05, 0) is 13.5 Å². The van der Waals surface area contributed by atoms with Crippen molar-refractivity contribution < 1.29 is 9.53 Å². The molecule has 1 spiro atoms. The molecule has 2 heterocycles. The number of hydrogen-bond donors (Lipinski definition) is 1. The third-order valence-electron chi connectivity index (χ3n) is 2.85. The molecule has 2 rings (SSSR count). The predicted molar refractivity (Wildman–Crippen MR) is 43.5 cm³/mol. The van der Waals surface area contributed by atoms with Crippen molar-refractivity contribution in [2.24, 2.45) is 11.7 Å². The molecule has 1 atom stereocenters. The molecule has 0 saturated carbocycles. The van der Waals surface area contributed by atoms with Crippen molar-refractivity contribution in [3.8, 4) is 0 Å². The van der Waals surface area contributed by atoms with Crippen LogP contribution in [0.3, 0.4) is 0 Å². The van der Waals surface area contributed by atoms with Crippen molar-refractivity contribution in [3.05, 3.63) is 0 Å². The number of nitrogens with two attached hydrogens (primary N) is 1. The summed E-state index contributed by atoms with van der Waals surface area (Å²) in [6, 6.07) is 0. The Bertz CT molecular complexity index is 211. The number of amides is 1. The molecular weight excluding hydrogens is 156 g/mol. The topological polar surface area (TPSA) is 55.6 Å². The largest absolute Gasteiger partial charge is 0.371 e. The number of ether oxygens (including phenoxy) is 1. The van der Waals surface area contributed by atoms with Gasteiger partial charge in [0.1, 0.15) is 5.60 Å². The van der Waals surface area contributed by atoms with Crippen LogP contribution in [0.1, 0.15) is 6.42 Å². The zero-order chi connectivity index (χ0) is 8.77. The molecule has 68 valence electrons. The summed E-state index contributed by atoms with van der Waals surface area (Å²) in [7, 11) is 2.02. The van der Waals surface area contributed by atoms with Crippen LogP contribution in [0, 0.1) is 5.92 Å². The highest BCUT2D eigenvalue weighted by Gasteiger charge is 2.54. The zero-order valence-corrected chi connectivity index (χ0v) is 7.25. The molecule has 0 radical (unpaired) electrons. The van der Waals surface area contributed by atoms with Crippen LogP contribution in [0.4, 0.5) is 0 Å². The van der Waals surface area contributed by atoms with E-state index in [9.17, 15) is 4.79 Å². The van der Waals surface area contributed by atoms with Gasteiger partial charge in [0.2, 0.25) is 5.91 Å².